The van der Waals surface area contributed by atoms with Crippen LogP contribution in [0.25, 0.3) is 0 Å². The van der Waals surface area contributed by atoms with Gasteiger partial charge in [-0.25, -0.2) is 4.98 Å². The lowest BCUT2D eigenvalue weighted by Gasteiger charge is -1.92. The van der Waals surface area contributed by atoms with Crippen LogP contribution in [0.2, 0.25) is 0 Å². The lowest BCUT2D eigenvalue weighted by atomic mass is 10.5. The van der Waals surface area contributed by atoms with E-state index in [1.807, 2.05) is 0 Å². The van der Waals surface area contributed by atoms with Gasteiger partial charge in [0.2, 0.25) is 5.88 Å². The van der Waals surface area contributed by atoms with Gasteiger partial charge in [-0.3, -0.25) is 0 Å². The van der Waals surface area contributed by atoms with Crippen molar-refractivity contribution in [3.63, 3.8) is 0 Å². The summed E-state index contributed by atoms with van der Waals surface area (Å²) < 4.78 is 11.9. The van der Waals surface area contributed by atoms with Gasteiger partial charge in [-0.1, -0.05) is 6.04 Å². The fourth-order valence-corrected chi connectivity index (χ4v) is 0.422. The average molecular weight is 110 g/mol. The first-order valence-corrected chi connectivity index (χ1v) is 2.29. The molecule has 0 spiro atoms. The van der Waals surface area contributed by atoms with E-state index in [-0.39, 0.29) is 0 Å². The molecular formula is C6H7NO. The highest BCUT2D eigenvalue weighted by Gasteiger charge is 1.82. The molecule has 0 bridgehead atoms. The molecule has 42 valence electrons. The first-order valence-electron chi connectivity index (χ1n) is 2.79. The van der Waals surface area contributed by atoms with Crippen molar-refractivity contribution >= 4 is 0 Å². The highest BCUT2D eigenvalue weighted by molar-refractivity contribution is 5.08. The van der Waals surface area contributed by atoms with Crippen LogP contribution in [0.4, 0.5) is 0 Å². The Morgan fingerprint density at radius 1 is 1.88 bits per heavy atom. The maximum absolute atomic E-state index is 7.12. The third-order valence-corrected chi connectivity index (χ3v) is 0.788. The van der Waals surface area contributed by atoms with Crippen molar-refractivity contribution < 1.29 is 6.11 Å². The molecule has 0 amide bonds. The Morgan fingerprint density at radius 3 is 3.25 bits per heavy atom. The molecule has 1 aromatic heterocycles. The summed E-state index contributed by atoms with van der Waals surface area (Å²) in [5, 5.41) is 0. The van der Waals surface area contributed by atoms with E-state index in [4.69, 9.17) is 6.11 Å². The summed E-state index contributed by atoms with van der Waals surface area (Å²) in [6, 6.07) is 3.57. The number of rotatable bonds is 1. The normalized spacial score (nSPS) is 10.4. The van der Waals surface area contributed by atoms with Crippen molar-refractivity contribution in [3.05, 3.63) is 24.4 Å². The van der Waals surface area contributed by atoms with Crippen LogP contribution in [0, 0.1) is 0 Å². The van der Waals surface area contributed by atoms with E-state index in [9.17, 15) is 0 Å². The molecule has 2 heteroatoms. The zero-order chi connectivity index (χ0) is 6.69. The second-order valence-corrected chi connectivity index (χ2v) is 1.30. The second-order valence-electron chi connectivity index (χ2n) is 1.30. The highest BCUT2D eigenvalue weighted by atomic mass is 16.5. The van der Waals surface area contributed by atoms with Gasteiger partial charge in [0.25, 0.3) is 0 Å². The average Bonchev–Trinajstić information content (AvgIpc) is 1.88. The molecule has 2 nitrogen and oxygen atoms in total. The maximum Gasteiger partial charge on any atom is 0.212 e. The quantitative estimate of drug-likeness (QED) is 0.540. The summed E-state index contributed by atoms with van der Waals surface area (Å²) in [5.74, 6) is 0.488. The molecule has 0 aliphatic heterocycles. The number of nitrogens with zero attached hydrogens (tertiary/aromatic N) is 1. The van der Waals surface area contributed by atoms with Gasteiger partial charge in [-0.15, -0.1) is 0 Å². The van der Waals surface area contributed by atoms with Gasteiger partial charge in [0.1, 0.15) is 0 Å². The summed E-state index contributed by atoms with van der Waals surface area (Å²) in [6.45, 7) is 0. The van der Waals surface area contributed by atoms with Gasteiger partial charge in [0.15, 0.2) is 0 Å². The number of hydrogen-bond acceptors (Lipinski definition) is 2. The largest absolute Gasteiger partial charge is 0.481 e. The Morgan fingerprint density at radius 2 is 2.75 bits per heavy atom. The lowest BCUT2D eigenvalue weighted by molar-refractivity contribution is 0.398. The summed E-state index contributed by atoms with van der Waals surface area (Å²) in [4.78, 5) is 3.82. The van der Waals surface area contributed by atoms with Crippen LogP contribution in [0.5, 0.6) is 5.88 Å². The summed E-state index contributed by atoms with van der Waals surface area (Å²) >= 11 is 0. The Balaban J connectivity index is 2.94. The van der Waals surface area contributed by atoms with E-state index in [2.05, 4.69) is 4.98 Å². The zero-order valence-corrected chi connectivity index (χ0v) is 4.59. The zero-order valence-electron chi connectivity index (χ0n) is 5.59. The molecule has 0 aliphatic carbocycles. The number of methoxy groups -OCH3 is 1. The minimum absolute atomic E-state index is 0.418. The van der Waals surface area contributed by atoms with Crippen LogP contribution in [0.3, 0.4) is 0 Å². The molecule has 8 heavy (non-hydrogen) atoms. The molecule has 0 unspecified atom stereocenters. The van der Waals surface area contributed by atoms with Gasteiger partial charge in [-0.2, -0.15) is 0 Å². The summed E-state index contributed by atoms with van der Waals surface area (Å²) in [5.41, 5.74) is 0. The van der Waals surface area contributed by atoms with E-state index in [0.29, 0.717) is 11.9 Å². The third kappa shape index (κ3) is 0.964. The maximum atomic E-state index is 7.12. The lowest BCUT2D eigenvalue weighted by Crippen LogP contribution is -1.83. The fourth-order valence-electron chi connectivity index (χ4n) is 0.422. The number of hydrogen-bond donors (Lipinski definition) is 0. The fraction of sp³-hybridized carbons (Fsp3) is 0.167. The Labute approximate surface area is 49.5 Å². The molecule has 0 atom stereocenters. The van der Waals surface area contributed by atoms with Crippen LogP contribution in [-0.4, -0.2) is 12.1 Å². The van der Waals surface area contributed by atoms with Crippen LogP contribution in [-0.2, 0) is 0 Å². The Bertz CT molecular complexity index is 202. The van der Waals surface area contributed by atoms with Gasteiger partial charge in [-0.05, 0) is 6.07 Å². The van der Waals surface area contributed by atoms with E-state index in [1.165, 1.54) is 7.11 Å². The van der Waals surface area contributed by atoms with Gasteiger partial charge >= 0.3 is 0 Å². The van der Waals surface area contributed by atoms with Crippen LogP contribution in [0.1, 0.15) is 1.37 Å². The molecule has 1 rings (SSSR count). The van der Waals surface area contributed by atoms with Crippen LogP contribution >= 0.6 is 0 Å². The Hall–Kier alpha value is -1.05. The van der Waals surface area contributed by atoms with Crippen molar-refractivity contribution in [2.45, 2.75) is 0 Å². The van der Waals surface area contributed by atoms with Gasteiger partial charge in [0, 0.05) is 12.3 Å². The highest BCUT2D eigenvalue weighted by Crippen LogP contribution is 1.99. The molecule has 0 saturated carbocycles. The summed E-state index contributed by atoms with van der Waals surface area (Å²) in [7, 11) is 1.53. The van der Waals surface area contributed by atoms with Crippen LogP contribution in [0.15, 0.2) is 24.4 Å². The minimum Gasteiger partial charge on any atom is -0.481 e. The SMILES string of the molecule is [2H]c1ccnc(OC)c1. The molecule has 1 heterocycles. The molecule has 0 radical (unpaired) electrons. The van der Waals surface area contributed by atoms with Crippen LogP contribution < -0.4 is 4.74 Å². The minimum atomic E-state index is 0.418. The molecule has 0 aliphatic rings. The smallest absolute Gasteiger partial charge is 0.212 e. The number of pyridine rings is 1. The predicted molar refractivity (Wildman–Crippen MR) is 30.8 cm³/mol. The predicted octanol–water partition coefficient (Wildman–Crippen LogP) is 1.09. The number of aromatic nitrogens is 1. The van der Waals surface area contributed by atoms with E-state index >= 15 is 0 Å². The molecule has 1 aromatic rings. The van der Waals surface area contributed by atoms with E-state index in [1.54, 1.807) is 18.3 Å². The van der Waals surface area contributed by atoms with E-state index in [0.717, 1.165) is 0 Å². The monoisotopic (exact) mass is 110 g/mol. The first kappa shape index (κ1) is 3.89. The molecule has 0 fully saturated rings. The van der Waals surface area contributed by atoms with Gasteiger partial charge in [0.05, 0.1) is 8.48 Å². The second kappa shape index (κ2) is 2.31. The molecular weight excluding hydrogens is 102 g/mol. The molecule has 0 aromatic carbocycles. The Kier molecular flexibility index (Phi) is 1.12. The van der Waals surface area contributed by atoms with Crippen molar-refractivity contribution in [1.29, 1.82) is 0 Å². The standard InChI is InChI=1S/C6H7NO/c1-8-6-4-2-3-5-7-6/h2-5H,1H3/i2D. The topological polar surface area (TPSA) is 22.1 Å². The molecule has 0 N–H and O–H groups in total. The van der Waals surface area contributed by atoms with Crippen molar-refractivity contribution in [2.24, 2.45) is 0 Å². The first-order chi connectivity index (χ1) is 4.33. The van der Waals surface area contributed by atoms with Gasteiger partial charge < -0.3 is 4.74 Å². The van der Waals surface area contributed by atoms with Crippen molar-refractivity contribution in [3.8, 4) is 5.88 Å². The van der Waals surface area contributed by atoms with Crippen molar-refractivity contribution in [2.75, 3.05) is 7.11 Å². The van der Waals surface area contributed by atoms with Crippen molar-refractivity contribution in [1.82, 2.24) is 4.98 Å². The number of ether oxygens (including phenoxy) is 1. The summed E-state index contributed by atoms with van der Waals surface area (Å²) in [6.07, 6.45) is 1.54. The molecule has 0 saturated heterocycles. The van der Waals surface area contributed by atoms with E-state index < -0.39 is 0 Å². The third-order valence-electron chi connectivity index (χ3n) is 0.788.